The lowest BCUT2D eigenvalue weighted by Gasteiger charge is -2.33. The third-order valence-electron chi connectivity index (χ3n) is 4.87. The summed E-state index contributed by atoms with van der Waals surface area (Å²) in [7, 11) is 1.48. The molecule has 0 spiro atoms. The number of hydrogen-bond acceptors (Lipinski definition) is 3. The Kier molecular flexibility index (Phi) is 3.74. The number of hydrogen-bond donors (Lipinski definition) is 0. The van der Waals surface area contributed by atoms with E-state index >= 15 is 0 Å². The quantitative estimate of drug-likeness (QED) is 0.537. The molecule has 0 bridgehead atoms. The zero-order valence-electron chi connectivity index (χ0n) is 11.7. The second kappa shape index (κ2) is 5.49. The van der Waals surface area contributed by atoms with E-state index in [2.05, 4.69) is 23.1 Å². The van der Waals surface area contributed by atoms with E-state index in [0.29, 0.717) is 18.0 Å². The number of carbonyl (C=O) groups excluding carboxylic acids is 1. The number of rotatable bonds is 1. The summed E-state index contributed by atoms with van der Waals surface area (Å²) in [6.45, 7) is 1.22. The van der Waals surface area contributed by atoms with Crippen LogP contribution in [0.3, 0.4) is 0 Å². The van der Waals surface area contributed by atoms with Gasteiger partial charge in [0.05, 0.1) is 7.11 Å². The summed E-state index contributed by atoms with van der Waals surface area (Å²) in [4.78, 5) is 14.3. The second-order valence-corrected chi connectivity index (χ2v) is 5.95. The van der Waals surface area contributed by atoms with Crippen LogP contribution < -0.4 is 0 Å². The molecule has 104 valence electrons. The number of carbonyl (C=O) groups is 1. The number of fused-ring (bicyclic) bond motifs is 3. The van der Waals surface area contributed by atoms with Gasteiger partial charge in [-0.1, -0.05) is 18.2 Å². The van der Waals surface area contributed by atoms with Crippen molar-refractivity contribution in [3.63, 3.8) is 0 Å². The fourth-order valence-electron chi connectivity index (χ4n) is 3.92. The fourth-order valence-corrected chi connectivity index (χ4v) is 3.92. The average Bonchev–Trinajstić information content (AvgIpc) is 2.74. The molecule has 0 aromatic heterocycles. The van der Waals surface area contributed by atoms with E-state index in [1.54, 1.807) is 0 Å². The molecular formula is C16H23NO2. The van der Waals surface area contributed by atoms with Crippen molar-refractivity contribution in [2.45, 2.75) is 50.6 Å². The van der Waals surface area contributed by atoms with Crippen LogP contribution in [0.4, 0.5) is 0 Å². The summed E-state index contributed by atoms with van der Waals surface area (Å²) in [5.74, 6) is 0.500. The Morgan fingerprint density at radius 1 is 1.42 bits per heavy atom. The van der Waals surface area contributed by atoms with Crippen LogP contribution in [0.2, 0.25) is 0 Å². The molecule has 0 unspecified atom stereocenters. The second-order valence-electron chi connectivity index (χ2n) is 5.95. The Balaban J connectivity index is 1.75. The van der Waals surface area contributed by atoms with Crippen molar-refractivity contribution in [2.24, 2.45) is 5.92 Å². The SMILES string of the molecule is COC(=O)C1=CC[C@H]2[C@@H](C1)C[C@@H]1/C=C\CCCCN12. The van der Waals surface area contributed by atoms with E-state index in [0.717, 1.165) is 18.4 Å². The van der Waals surface area contributed by atoms with Gasteiger partial charge in [0.25, 0.3) is 0 Å². The Morgan fingerprint density at radius 2 is 2.32 bits per heavy atom. The van der Waals surface area contributed by atoms with Gasteiger partial charge < -0.3 is 4.74 Å². The summed E-state index contributed by atoms with van der Waals surface area (Å²) in [6.07, 6.45) is 13.8. The van der Waals surface area contributed by atoms with E-state index < -0.39 is 0 Å². The van der Waals surface area contributed by atoms with E-state index in [-0.39, 0.29) is 5.97 Å². The van der Waals surface area contributed by atoms with Gasteiger partial charge in [-0.05, 0) is 51.0 Å². The molecule has 1 aliphatic carbocycles. The minimum absolute atomic E-state index is 0.131. The van der Waals surface area contributed by atoms with Gasteiger partial charge in [0.2, 0.25) is 0 Å². The van der Waals surface area contributed by atoms with E-state index in [9.17, 15) is 4.79 Å². The van der Waals surface area contributed by atoms with E-state index in [4.69, 9.17) is 4.74 Å². The first-order valence-electron chi connectivity index (χ1n) is 7.49. The minimum Gasteiger partial charge on any atom is -0.466 e. The third kappa shape index (κ3) is 2.48. The van der Waals surface area contributed by atoms with Gasteiger partial charge in [-0.15, -0.1) is 0 Å². The number of methoxy groups -OCH3 is 1. The van der Waals surface area contributed by atoms with Crippen molar-refractivity contribution in [3.05, 3.63) is 23.8 Å². The molecular weight excluding hydrogens is 238 g/mol. The van der Waals surface area contributed by atoms with Crippen LogP contribution in [-0.2, 0) is 9.53 Å². The molecule has 3 aliphatic rings. The molecule has 0 aromatic rings. The van der Waals surface area contributed by atoms with Crippen LogP contribution in [0.25, 0.3) is 0 Å². The molecule has 1 saturated heterocycles. The molecule has 0 radical (unpaired) electrons. The van der Waals surface area contributed by atoms with Gasteiger partial charge in [-0.2, -0.15) is 0 Å². The van der Waals surface area contributed by atoms with Crippen LogP contribution in [-0.4, -0.2) is 36.6 Å². The normalized spacial score (nSPS) is 36.5. The van der Waals surface area contributed by atoms with Crippen molar-refractivity contribution in [1.82, 2.24) is 4.90 Å². The lowest BCUT2D eigenvalue weighted by atomic mass is 9.84. The molecule has 3 rings (SSSR count). The molecule has 0 amide bonds. The van der Waals surface area contributed by atoms with Gasteiger partial charge in [0.15, 0.2) is 0 Å². The van der Waals surface area contributed by atoms with E-state index in [1.807, 2.05) is 0 Å². The van der Waals surface area contributed by atoms with Gasteiger partial charge in [0, 0.05) is 17.7 Å². The Bertz CT molecular complexity index is 413. The topological polar surface area (TPSA) is 29.5 Å². The highest BCUT2D eigenvalue weighted by molar-refractivity contribution is 5.88. The lowest BCUT2D eigenvalue weighted by Crippen LogP contribution is -2.39. The zero-order chi connectivity index (χ0) is 13.2. The van der Waals surface area contributed by atoms with Crippen LogP contribution in [0.5, 0.6) is 0 Å². The first-order chi connectivity index (χ1) is 9.29. The van der Waals surface area contributed by atoms with Crippen molar-refractivity contribution in [1.29, 1.82) is 0 Å². The van der Waals surface area contributed by atoms with Crippen LogP contribution in [0.15, 0.2) is 23.8 Å². The van der Waals surface area contributed by atoms with Crippen molar-refractivity contribution in [3.8, 4) is 0 Å². The molecule has 1 fully saturated rings. The predicted molar refractivity (Wildman–Crippen MR) is 74.7 cm³/mol. The maximum absolute atomic E-state index is 11.7. The minimum atomic E-state index is -0.131. The molecule has 3 atom stereocenters. The van der Waals surface area contributed by atoms with Gasteiger partial charge >= 0.3 is 5.97 Å². The average molecular weight is 261 g/mol. The van der Waals surface area contributed by atoms with Crippen molar-refractivity contribution >= 4 is 5.97 Å². The summed E-state index contributed by atoms with van der Waals surface area (Å²) in [5.41, 5.74) is 0.892. The maximum Gasteiger partial charge on any atom is 0.333 e. The van der Waals surface area contributed by atoms with Crippen LogP contribution in [0, 0.1) is 5.92 Å². The molecule has 0 aromatic carbocycles. The maximum atomic E-state index is 11.7. The van der Waals surface area contributed by atoms with Crippen molar-refractivity contribution in [2.75, 3.05) is 13.7 Å². The lowest BCUT2D eigenvalue weighted by molar-refractivity contribution is -0.136. The van der Waals surface area contributed by atoms with Gasteiger partial charge in [0.1, 0.15) is 0 Å². The summed E-state index contributed by atoms with van der Waals surface area (Å²) >= 11 is 0. The Morgan fingerprint density at radius 3 is 3.16 bits per heavy atom. The standard InChI is InChI=1S/C16H23NO2/c1-19-16(18)12-7-8-15-13(10-12)11-14-6-4-2-3-5-9-17(14)15/h4,6-7,13-15H,2-3,5,8-11H2,1H3/b6-4-/t13-,14-,15-/m0/s1. The first-order valence-corrected chi connectivity index (χ1v) is 7.49. The highest BCUT2D eigenvalue weighted by Gasteiger charge is 2.41. The fraction of sp³-hybridized carbons (Fsp3) is 0.688. The zero-order valence-corrected chi connectivity index (χ0v) is 11.7. The van der Waals surface area contributed by atoms with Crippen LogP contribution in [0.1, 0.15) is 38.5 Å². The number of esters is 1. The third-order valence-corrected chi connectivity index (χ3v) is 4.87. The molecule has 3 heteroatoms. The highest BCUT2D eigenvalue weighted by Crippen LogP contribution is 2.40. The Hall–Kier alpha value is -1.09. The molecule has 0 saturated carbocycles. The number of nitrogens with zero attached hydrogens (tertiary/aromatic N) is 1. The Labute approximate surface area is 115 Å². The summed E-state index contributed by atoms with van der Waals surface area (Å²) in [5, 5.41) is 0. The molecule has 0 N–H and O–H groups in total. The highest BCUT2D eigenvalue weighted by atomic mass is 16.5. The number of allylic oxidation sites excluding steroid dienone is 1. The van der Waals surface area contributed by atoms with Crippen molar-refractivity contribution < 1.29 is 9.53 Å². The van der Waals surface area contributed by atoms with Gasteiger partial charge in [-0.3, -0.25) is 4.90 Å². The largest absolute Gasteiger partial charge is 0.466 e. The molecule has 3 nitrogen and oxygen atoms in total. The van der Waals surface area contributed by atoms with E-state index in [1.165, 1.54) is 39.3 Å². The summed E-state index contributed by atoms with van der Waals surface area (Å²) < 4.78 is 4.86. The summed E-state index contributed by atoms with van der Waals surface area (Å²) in [6, 6.07) is 1.24. The first kappa shape index (κ1) is 12.9. The molecule has 2 aliphatic heterocycles. The predicted octanol–water partition coefficient (Wildman–Crippen LogP) is 2.68. The van der Waals surface area contributed by atoms with Gasteiger partial charge in [-0.25, -0.2) is 4.79 Å². The number of ether oxygens (including phenoxy) is 1. The monoisotopic (exact) mass is 261 g/mol. The smallest absolute Gasteiger partial charge is 0.333 e. The molecule has 2 heterocycles. The van der Waals surface area contributed by atoms with Crippen LogP contribution >= 0.6 is 0 Å². The molecule has 19 heavy (non-hydrogen) atoms.